The zero-order chi connectivity index (χ0) is 13.0. The van der Waals surface area contributed by atoms with Crippen molar-refractivity contribution in [3.8, 4) is 5.75 Å². The van der Waals surface area contributed by atoms with Gasteiger partial charge in [0.05, 0.1) is 6.61 Å². The second-order valence-electron chi connectivity index (χ2n) is 3.44. The maximum absolute atomic E-state index is 13.6. The van der Waals surface area contributed by atoms with Crippen LogP contribution in [0.1, 0.15) is 17.5 Å². The van der Waals surface area contributed by atoms with Gasteiger partial charge >= 0.3 is 0 Å². The number of halogens is 3. The molecule has 1 aromatic carbocycles. The summed E-state index contributed by atoms with van der Waals surface area (Å²) in [6.45, 7) is 8.15. The van der Waals surface area contributed by atoms with Crippen molar-refractivity contribution in [2.24, 2.45) is 0 Å². The van der Waals surface area contributed by atoms with Gasteiger partial charge in [-0.1, -0.05) is 18.7 Å². The minimum Gasteiger partial charge on any atom is -0.490 e. The van der Waals surface area contributed by atoms with E-state index in [1.54, 1.807) is 6.08 Å². The van der Waals surface area contributed by atoms with Crippen molar-refractivity contribution in [3.05, 3.63) is 47.8 Å². The van der Waals surface area contributed by atoms with Gasteiger partial charge in [0.15, 0.2) is 11.6 Å². The lowest BCUT2D eigenvalue weighted by atomic mass is 10.1. The molecule has 0 saturated heterocycles. The summed E-state index contributed by atoms with van der Waals surface area (Å²) in [4.78, 5) is 0. The topological polar surface area (TPSA) is 9.23 Å². The fourth-order valence-corrected chi connectivity index (χ4v) is 1.38. The summed E-state index contributed by atoms with van der Waals surface area (Å²) < 4.78 is 45.6. The molecule has 0 bridgehead atoms. The average Bonchev–Trinajstić information content (AvgIpc) is 2.32. The number of hydrogen-bond acceptors (Lipinski definition) is 1. The van der Waals surface area contributed by atoms with E-state index >= 15 is 0 Å². The number of benzene rings is 1. The van der Waals surface area contributed by atoms with E-state index < -0.39 is 28.8 Å². The monoisotopic (exact) mass is 242 g/mol. The molecule has 0 aromatic heterocycles. The van der Waals surface area contributed by atoms with Gasteiger partial charge in [0.25, 0.3) is 0 Å². The summed E-state index contributed by atoms with van der Waals surface area (Å²) >= 11 is 0. The fourth-order valence-electron chi connectivity index (χ4n) is 1.38. The van der Waals surface area contributed by atoms with Crippen molar-refractivity contribution >= 4 is 6.08 Å². The van der Waals surface area contributed by atoms with E-state index in [2.05, 4.69) is 13.2 Å². The van der Waals surface area contributed by atoms with Crippen LogP contribution in [-0.2, 0) is 0 Å². The van der Waals surface area contributed by atoms with Crippen LogP contribution in [0.3, 0.4) is 0 Å². The normalized spacial score (nSPS) is 10.1. The van der Waals surface area contributed by atoms with Crippen LogP contribution in [0, 0.1) is 24.4 Å². The maximum atomic E-state index is 13.6. The highest BCUT2D eigenvalue weighted by molar-refractivity contribution is 5.54. The first kappa shape index (κ1) is 13.4. The Morgan fingerprint density at radius 1 is 1.12 bits per heavy atom. The summed E-state index contributed by atoms with van der Waals surface area (Å²) in [6, 6.07) is 0. The van der Waals surface area contributed by atoms with Crippen LogP contribution in [0.15, 0.2) is 19.2 Å². The standard InChI is InChI=1S/C13H13F3O/c1-4-6-7-17-13-8(3)10(14)9(5-2)11(15)12(13)16/h4-5H,1-2,6-7H2,3H3. The number of ether oxygens (including phenoxy) is 1. The van der Waals surface area contributed by atoms with E-state index in [0.717, 1.165) is 6.08 Å². The molecular weight excluding hydrogens is 229 g/mol. The van der Waals surface area contributed by atoms with Crippen LogP contribution in [-0.4, -0.2) is 6.61 Å². The van der Waals surface area contributed by atoms with Gasteiger partial charge in [0.2, 0.25) is 5.82 Å². The van der Waals surface area contributed by atoms with E-state index in [1.807, 2.05) is 0 Å². The molecule has 0 atom stereocenters. The highest BCUT2D eigenvalue weighted by atomic mass is 19.2. The predicted molar refractivity (Wildman–Crippen MR) is 61.5 cm³/mol. The lowest BCUT2D eigenvalue weighted by Gasteiger charge is -2.12. The Labute approximate surface area is 98.2 Å². The third kappa shape index (κ3) is 2.52. The van der Waals surface area contributed by atoms with E-state index in [9.17, 15) is 13.2 Å². The van der Waals surface area contributed by atoms with Crippen molar-refractivity contribution < 1.29 is 17.9 Å². The Bertz CT molecular complexity index is 423. The van der Waals surface area contributed by atoms with Gasteiger partial charge in [0, 0.05) is 11.1 Å². The zero-order valence-corrected chi connectivity index (χ0v) is 9.53. The Hall–Kier alpha value is -1.71. The molecule has 0 saturated carbocycles. The molecule has 92 valence electrons. The third-order valence-electron chi connectivity index (χ3n) is 2.31. The smallest absolute Gasteiger partial charge is 0.201 e. The van der Waals surface area contributed by atoms with E-state index in [1.165, 1.54) is 6.92 Å². The highest BCUT2D eigenvalue weighted by Crippen LogP contribution is 2.31. The van der Waals surface area contributed by atoms with Crippen molar-refractivity contribution in [2.75, 3.05) is 6.61 Å². The summed E-state index contributed by atoms with van der Waals surface area (Å²) in [5, 5.41) is 0. The van der Waals surface area contributed by atoms with Gasteiger partial charge in [-0.05, 0) is 13.3 Å². The van der Waals surface area contributed by atoms with Gasteiger partial charge in [-0.3, -0.25) is 0 Å². The number of hydrogen-bond donors (Lipinski definition) is 0. The molecule has 0 unspecified atom stereocenters. The molecule has 0 fully saturated rings. The van der Waals surface area contributed by atoms with E-state index in [-0.39, 0.29) is 12.2 Å². The minimum atomic E-state index is -1.28. The van der Waals surface area contributed by atoms with Crippen LogP contribution in [0.25, 0.3) is 6.08 Å². The van der Waals surface area contributed by atoms with Crippen LogP contribution in [0.2, 0.25) is 0 Å². The Kier molecular flexibility index (Phi) is 4.37. The lowest BCUT2D eigenvalue weighted by Crippen LogP contribution is -2.06. The molecule has 0 spiro atoms. The van der Waals surface area contributed by atoms with Crippen molar-refractivity contribution in [2.45, 2.75) is 13.3 Å². The molecule has 0 aliphatic rings. The zero-order valence-electron chi connectivity index (χ0n) is 9.53. The van der Waals surface area contributed by atoms with Gasteiger partial charge in [-0.15, -0.1) is 6.58 Å². The third-order valence-corrected chi connectivity index (χ3v) is 2.31. The first-order valence-corrected chi connectivity index (χ1v) is 5.07. The number of rotatable bonds is 5. The molecular formula is C13H13F3O. The molecule has 0 aliphatic carbocycles. The molecule has 1 aromatic rings. The summed E-state index contributed by atoms with van der Waals surface area (Å²) in [5.74, 6) is -3.72. The first-order chi connectivity index (χ1) is 8.04. The second kappa shape index (κ2) is 5.57. The van der Waals surface area contributed by atoms with Crippen molar-refractivity contribution in [1.82, 2.24) is 0 Å². The molecule has 1 rings (SSSR count). The molecule has 1 nitrogen and oxygen atoms in total. The summed E-state index contributed by atoms with van der Waals surface area (Å²) in [5.41, 5.74) is -0.543. The van der Waals surface area contributed by atoms with Crippen LogP contribution < -0.4 is 4.74 Å². The predicted octanol–water partition coefficient (Wildman–Crippen LogP) is 4.01. The first-order valence-electron chi connectivity index (χ1n) is 5.07. The second-order valence-corrected chi connectivity index (χ2v) is 3.44. The van der Waals surface area contributed by atoms with Crippen LogP contribution in [0.5, 0.6) is 5.75 Å². The highest BCUT2D eigenvalue weighted by Gasteiger charge is 2.22. The molecule has 0 heterocycles. The molecule has 0 amide bonds. The SMILES string of the molecule is C=CCCOc1c(C)c(F)c(C=C)c(F)c1F. The van der Waals surface area contributed by atoms with Crippen LogP contribution >= 0.6 is 0 Å². The van der Waals surface area contributed by atoms with Crippen molar-refractivity contribution in [1.29, 1.82) is 0 Å². The Morgan fingerprint density at radius 2 is 1.76 bits per heavy atom. The molecule has 0 N–H and O–H groups in total. The Morgan fingerprint density at radius 3 is 2.29 bits per heavy atom. The van der Waals surface area contributed by atoms with Gasteiger partial charge in [-0.25, -0.2) is 8.78 Å². The quantitative estimate of drug-likeness (QED) is 0.430. The van der Waals surface area contributed by atoms with Crippen LogP contribution in [0.4, 0.5) is 13.2 Å². The maximum Gasteiger partial charge on any atom is 0.201 e. The summed E-state index contributed by atoms with van der Waals surface area (Å²) in [7, 11) is 0. The Balaban J connectivity index is 3.22. The van der Waals surface area contributed by atoms with E-state index in [4.69, 9.17) is 4.74 Å². The lowest BCUT2D eigenvalue weighted by molar-refractivity contribution is 0.295. The van der Waals surface area contributed by atoms with Gasteiger partial charge < -0.3 is 4.74 Å². The average molecular weight is 242 g/mol. The molecule has 0 aliphatic heterocycles. The van der Waals surface area contributed by atoms with E-state index in [0.29, 0.717) is 6.42 Å². The minimum absolute atomic E-state index is 0.0668. The molecule has 0 radical (unpaired) electrons. The summed E-state index contributed by atoms with van der Waals surface area (Å²) in [6.07, 6.45) is 2.97. The van der Waals surface area contributed by atoms with Gasteiger partial charge in [0.1, 0.15) is 5.82 Å². The van der Waals surface area contributed by atoms with Crippen molar-refractivity contribution in [3.63, 3.8) is 0 Å². The van der Waals surface area contributed by atoms with Gasteiger partial charge in [-0.2, -0.15) is 4.39 Å². The molecule has 4 heteroatoms. The largest absolute Gasteiger partial charge is 0.490 e. The molecule has 17 heavy (non-hydrogen) atoms. The fraction of sp³-hybridized carbons (Fsp3) is 0.231.